The molecular weight excluding hydrogens is 513 g/mol. The highest BCUT2D eigenvalue weighted by Crippen LogP contribution is 2.34. The Labute approximate surface area is 215 Å². The normalized spacial score (nSPS) is 21.1. The van der Waals surface area contributed by atoms with Crippen LogP contribution >= 0.6 is 23.2 Å². The van der Waals surface area contributed by atoms with Crippen molar-refractivity contribution >= 4 is 50.8 Å². The maximum absolute atomic E-state index is 12.8. The number of hydrogen-bond acceptors (Lipinski definition) is 7. The zero-order valence-electron chi connectivity index (χ0n) is 19.4. The fourth-order valence-corrected chi connectivity index (χ4v) is 5.69. The Kier molecular flexibility index (Phi) is 8.49. The zero-order valence-corrected chi connectivity index (χ0v) is 21.7. The lowest BCUT2D eigenvalue weighted by atomic mass is 10.0. The molecule has 0 bridgehead atoms. The number of aromatic nitrogens is 2. The van der Waals surface area contributed by atoms with E-state index in [4.69, 9.17) is 27.9 Å². The standard InChI is InChI=1S/C23H29Cl2N5O4S/c1-35(32,33)30-16-3-2-15(10-16)23(31)29-21-11-17(19(25)13-27-21)22-18(24)4-5-20(28-22)26-12-14-6-8-34-9-7-14/h4-5,11,13-16,30H,2-3,6-10,12H2,1H3,(H,26,28)(H,27,29,31). The van der Waals surface area contributed by atoms with Gasteiger partial charge in [-0.15, -0.1) is 0 Å². The molecule has 1 aliphatic carbocycles. The van der Waals surface area contributed by atoms with Gasteiger partial charge in [-0.05, 0) is 56.2 Å². The Morgan fingerprint density at radius 1 is 1.11 bits per heavy atom. The molecule has 3 heterocycles. The molecular formula is C23H29Cl2N5O4S. The van der Waals surface area contributed by atoms with Gasteiger partial charge >= 0.3 is 0 Å². The summed E-state index contributed by atoms with van der Waals surface area (Å²) in [7, 11) is -3.31. The summed E-state index contributed by atoms with van der Waals surface area (Å²) in [6.45, 7) is 2.35. The fraction of sp³-hybridized carbons (Fsp3) is 0.522. The van der Waals surface area contributed by atoms with Crippen LogP contribution in [-0.2, 0) is 19.6 Å². The van der Waals surface area contributed by atoms with Gasteiger partial charge in [-0.25, -0.2) is 23.1 Å². The van der Waals surface area contributed by atoms with E-state index in [0.29, 0.717) is 58.1 Å². The summed E-state index contributed by atoms with van der Waals surface area (Å²) in [6, 6.07) is 4.99. The van der Waals surface area contributed by atoms with Gasteiger partial charge in [0.15, 0.2) is 0 Å². The van der Waals surface area contributed by atoms with Crippen molar-refractivity contribution in [2.75, 3.05) is 36.6 Å². The Balaban J connectivity index is 1.45. The minimum absolute atomic E-state index is 0.213. The van der Waals surface area contributed by atoms with Gasteiger partial charge in [-0.1, -0.05) is 23.2 Å². The number of anilines is 2. The number of rotatable bonds is 8. The van der Waals surface area contributed by atoms with Crippen LogP contribution in [0.15, 0.2) is 24.4 Å². The monoisotopic (exact) mass is 541 g/mol. The quantitative estimate of drug-likeness (QED) is 0.462. The minimum Gasteiger partial charge on any atom is -0.381 e. The summed E-state index contributed by atoms with van der Waals surface area (Å²) in [4.78, 5) is 21.7. The van der Waals surface area contributed by atoms with Crippen LogP contribution < -0.4 is 15.4 Å². The molecule has 3 N–H and O–H groups in total. The number of amides is 1. The zero-order chi connectivity index (χ0) is 25.0. The van der Waals surface area contributed by atoms with Gasteiger partial charge < -0.3 is 15.4 Å². The number of nitrogens with one attached hydrogen (secondary N) is 3. The van der Waals surface area contributed by atoms with Crippen LogP contribution in [0.5, 0.6) is 0 Å². The van der Waals surface area contributed by atoms with Crippen molar-refractivity contribution < 1.29 is 17.9 Å². The third-order valence-electron chi connectivity index (χ3n) is 6.30. The first-order valence-corrected chi connectivity index (χ1v) is 14.2. The van der Waals surface area contributed by atoms with E-state index in [1.807, 2.05) is 6.07 Å². The van der Waals surface area contributed by atoms with E-state index in [9.17, 15) is 13.2 Å². The molecule has 2 atom stereocenters. The summed E-state index contributed by atoms with van der Waals surface area (Å²) in [5, 5.41) is 6.98. The van der Waals surface area contributed by atoms with Crippen molar-refractivity contribution in [1.29, 1.82) is 0 Å². The predicted molar refractivity (Wildman–Crippen MR) is 137 cm³/mol. The summed E-state index contributed by atoms with van der Waals surface area (Å²) in [6.07, 6.45) is 6.24. The Morgan fingerprint density at radius 3 is 2.63 bits per heavy atom. The average Bonchev–Trinajstić information content (AvgIpc) is 3.27. The lowest BCUT2D eigenvalue weighted by Gasteiger charge is -2.22. The number of sulfonamides is 1. The average molecular weight is 542 g/mol. The molecule has 0 radical (unpaired) electrons. The van der Waals surface area contributed by atoms with E-state index in [1.54, 1.807) is 12.1 Å². The molecule has 190 valence electrons. The van der Waals surface area contributed by atoms with E-state index in [1.165, 1.54) is 6.20 Å². The van der Waals surface area contributed by atoms with Crippen LogP contribution in [0.1, 0.15) is 32.1 Å². The van der Waals surface area contributed by atoms with E-state index >= 15 is 0 Å². The van der Waals surface area contributed by atoms with Crippen LogP contribution in [0, 0.1) is 11.8 Å². The lowest BCUT2D eigenvalue weighted by Crippen LogP contribution is -2.32. The third-order valence-corrected chi connectivity index (χ3v) is 7.67. The Bertz CT molecular complexity index is 1170. The van der Waals surface area contributed by atoms with Crippen LogP contribution in [0.25, 0.3) is 11.3 Å². The van der Waals surface area contributed by atoms with E-state index in [0.717, 1.165) is 38.9 Å². The second-order valence-electron chi connectivity index (χ2n) is 9.10. The molecule has 1 aliphatic heterocycles. The maximum Gasteiger partial charge on any atom is 0.228 e. The van der Waals surface area contributed by atoms with Crippen molar-refractivity contribution in [2.24, 2.45) is 11.8 Å². The third kappa shape index (κ3) is 7.27. The van der Waals surface area contributed by atoms with E-state index in [-0.39, 0.29) is 17.9 Å². The van der Waals surface area contributed by atoms with Crippen LogP contribution in [-0.4, -0.2) is 56.3 Å². The summed E-state index contributed by atoms with van der Waals surface area (Å²) >= 11 is 12.9. The van der Waals surface area contributed by atoms with Crippen LogP contribution in [0.3, 0.4) is 0 Å². The molecule has 2 aliphatic rings. The SMILES string of the molecule is CS(=O)(=O)NC1CCC(C(=O)Nc2cc(-c3nc(NCC4CCOCC4)ccc3Cl)c(Cl)cn2)C1. The molecule has 1 saturated carbocycles. The van der Waals surface area contributed by atoms with Gasteiger partial charge in [0.05, 0.1) is 22.0 Å². The first kappa shape index (κ1) is 26.1. The highest BCUT2D eigenvalue weighted by molar-refractivity contribution is 7.88. The number of ether oxygens (including phenoxy) is 1. The lowest BCUT2D eigenvalue weighted by molar-refractivity contribution is -0.119. The Morgan fingerprint density at radius 2 is 1.89 bits per heavy atom. The molecule has 2 aromatic heterocycles. The topological polar surface area (TPSA) is 122 Å². The van der Waals surface area contributed by atoms with Crippen LogP contribution in [0.2, 0.25) is 10.0 Å². The van der Waals surface area contributed by atoms with Gasteiger partial charge in [0.1, 0.15) is 11.6 Å². The second-order valence-corrected chi connectivity index (χ2v) is 11.7. The van der Waals surface area contributed by atoms with Crippen molar-refractivity contribution in [3.05, 3.63) is 34.4 Å². The molecule has 9 nitrogen and oxygen atoms in total. The number of halogens is 2. The molecule has 35 heavy (non-hydrogen) atoms. The molecule has 1 saturated heterocycles. The van der Waals surface area contributed by atoms with Gasteiger partial charge in [0.2, 0.25) is 15.9 Å². The first-order chi connectivity index (χ1) is 16.7. The molecule has 1 amide bonds. The molecule has 2 fully saturated rings. The summed E-state index contributed by atoms with van der Waals surface area (Å²) < 4.78 is 30.9. The number of nitrogens with zero attached hydrogens (tertiary/aromatic N) is 2. The maximum atomic E-state index is 12.8. The second kappa shape index (κ2) is 11.4. The van der Waals surface area contributed by atoms with Gasteiger partial charge in [0, 0.05) is 43.5 Å². The smallest absolute Gasteiger partial charge is 0.228 e. The first-order valence-electron chi connectivity index (χ1n) is 11.6. The molecule has 4 rings (SSSR count). The largest absolute Gasteiger partial charge is 0.381 e. The molecule has 12 heteroatoms. The van der Waals surface area contributed by atoms with Crippen molar-refractivity contribution in [3.63, 3.8) is 0 Å². The van der Waals surface area contributed by atoms with Crippen molar-refractivity contribution in [3.8, 4) is 11.3 Å². The number of carbonyl (C=O) groups is 1. The fourth-order valence-electron chi connectivity index (χ4n) is 4.48. The minimum atomic E-state index is -3.31. The summed E-state index contributed by atoms with van der Waals surface area (Å²) in [5.74, 6) is 1.01. The van der Waals surface area contributed by atoms with Gasteiger partial charge in [-0.3, -0.25) is 4.79 Å². The number of pyridine rings is 2. The van der Waals surface area contributed by atoms with E-state index in [2.05, 4.69) is 25.3 Å². The highest BCUT2D eigenvalue weighted by Gasteiger charge is 2.31. The van der Waals surface area contributed by atoms with Crippen molar-refractivity contribution in [1.82, 2.24) is 14.7 Å². The number of carbonyl (C=O) groups excluding carboxylic acids is 1. The molecule has 0 aromatic carbocycles. The van der Waals surface area contributed by atoms with Gasteiger partial charge in [-0.2, -0.15) is 0 Å². The predicted octanol–water partition coefficient (Wildman–Crippen LogP) is 3.95. The van der Waals surface area contributed by atoms with E-state index < -0.39 is 10.0 Å². The molecule has 2 unspecified atom stereocenters. The van der Waals surface area contributed by atoms with Gasteiger partial charge in [0.25, 0.3) is 0 Å². The molecule has 2 aromatic rings. The Hall–Kier alpha value is -1.98. The van der Waals surface area contributed by atoms with Crippen LogP contribution in [0.4, 0.5) is 11.6 Å². The summed E-state index contributed by atoms with van der Waals surface area (Å²) in [5.41, 5.74) is 1.05. The number of hydrogen-bond donors (Lipinski definition) is 3. The highest BCUT2D eigenvalue weighted by atomic mass is 35.5. The van der Waals surface area contributed by atoms with Crippen molar-refractivity contribution in [2.45, 2.75) is 38.1 Å². The molecule has 0 spiro atoms.